The number of hydrogen-bond acceptors (Lipinski definition) is 5. The highest BCUT2D eigenvalue weighted by molar-refractivity contribution is 5.91. The van der Waals surface area contributed by atoms with Crippen LogP contribution in [0.4, 0.5) is 4.79 Å². The highest BCUT2D eigenvalue weighted by Crippen LogP contribution is 2.37. The van der Waals surface area contributed by atoms with Crippen LogP contribution in [0.5, 0.6) is 5.75 Å². The van der Waals surface area contributed by atoms with Crippen molar-refractivity contribution in [1.82, 2.24) is 5.32 Å². The number of rotatable bonds is 4. The van der Waals surface area contributed by atoms with Crippen LogP contribution in [0.25, 0.3) is 0 Å². The number of methoxy groups -OCH3 is 2. The maximum atomic E-state index is 12.0. The van der Waals surface area contributed by atoms with Crippen molar-refractivity contribution >= 4 is 12.1 Å². The molecule has 162 valence electrons. The van der Waals surface area contributed by atoms with Gasteiger partial charge in [0.2, 0.25) is 0 Å². The Morgan fingerprint density at radius 2 is 1.94 bits per heavy atom. The summed E-state index contributed by atoms with van der Waals surface area (Å²) in [6.07, 6.45) is 5.22. The molecule has 4 rings (SSSR count). The largest absolute Gasteiger partial charge is 0.497 e. The maximum absolute atomic E-state index is 12.0. The number of carbonyl (C=O) groups excluding carboxylic acids is 2. The Balaban J connectivity index is 1.52. The van der Waals surface area contributed by atoms with Crippen LogP contribution in [-0.2, 0) is 14.3 Å². The Kier molecular flexibility index (Phi) is 6.27. The van der Waals surface area contributed by atoms with Gasteiger partial charge in [0.15, 0.2) is 6.10 Å². The molecule has 1 aliphatic carbocycles. The third-order valence-electron chi connectivity index (χ3n) is 5.40. The summed E-state index contributed by atoms with van der Waals surface area (Å²) in [5.41, 5.74) is 3.14. The van der Waals surface area contributed by atoms with Gasteiger partial charge in [-0.15, -0.1) is 0 Å². The molecule has 6 heteroatoms. The second-order valence-corrected chi connectivity index (χ2v) is 7.47. The molecule has 1 N–H and O–H groups in total. The van der Waals surface area contributed by atoms with E-state index in [0.717, 1.165) is 16.7 Å². The van der Waals surface area contributed by atoms with Crippen molar-refractivity contribution in [2.24, 2.45) is 5.92 Å². The standard InChI is InChI=1S/C26H23NO5/c1-30-22-8-4-7-21(16-22)24-23(27-26(29)32-24)20-6-3-5-18(15-20)10-9-17-11-13-19(14-12-17)25(28)31-2/h3-8,11,13-17,23-24H,12H2,1-2H3,(H,27,29)/t17?,23-,24-/m1/s1. The van der Waals surface area contributed by atoms with Gasteiger partial charge >= 0.3 is 12.1 Å². The minimum atomic E-state index is -0.469. The van der Waals surface area contributed by atoms with Gasteiger partial charge in [-0.05, 0) is 41.8 Å². The lowest BCUT2D eigenvalue weighted by Crippen LogP contribution is -2.19. The summed E-state index contributed by atoms with van der Waals surface area (Å²) in [4.78, 5) is 23.6. The van der Waals surface area contributed by atoms with E-state index in [2.05, 4.69) is 17.2 Å². The van der Waals surface area contributed by atoms with Gasteiger partial charge < -0.3 is 19.5 Å². The second-order valence-electron chi connectivity index (χ2n) is 7.47. The fourth-order valence-electron chi connectivity index (χ4n) is 3.74. The molecule has 3 atom stereocenters. The van der Waals surface area contributed by atoms with Crippen molar-refractivity contribution in [2.75, 3.05) is 14.2 Å². The van der Waals surface area contributed by atoms with E-state index in [4.69, 9.17) is 14.2 Å². The van der Waals surface area contributed by atoms with E-state index in [1.165, 1.54) is 7.11 Å². The number of benzene rings is 2. The lowest BCUT2D eigenvalue weighted by molar-refractivity contribution is -0.135. The van der Waals surface area contributed by atoms with Crippen molar-refractivity contribution in [2.45, 2.75) is 18.6 Å². The van der Waals surface area contributed by atoms with E-state index < -0.39 is 12.2 Å². The fraction of sp³-hybridized carbons (Fsp3) is 0.231. The number of nitrogens with one attached hydrogen (secondary N) is 1. The number of cyclic esters (lactones) is 1. The average Bonchev–Trinajstić information content (AvgIpc) is 3.24. The van der Waals surface area contributed by atoms with Gasteiger partial charge in [-0.2, -0.15) is 0 Å². The normalized spacial score (nSPS) is 21.5. The quantitative estimate of drug-likeness (QED) is 0.581. The van der Waals surface area contributed by atoms with Crippen LogP contribution < -0.4 is 10.1 Å². The molecule has 1 amide bonds. The van der Waals surface area contributed by atoms with E-state index in [1.54, 1.807) is 13.2 Å². The molecule has 0 radical (unpaired) electrons. The molecule has 1 saturated heterocycles. The Hall–Kier alpha value is -3.98. The lowest BCUT2D eigenvalue weighted by atomic mass is 9.94. The monoisotopic (exact) mass is 429 g/mol. The highest BCUT2D eigenvalue weighted by atomic mass is 16.6. The second kappa shape index (κ2) is 9.44. The minimum absolute atomic E-state index is 0.0195. The van der Waals surface area contributed by atoms with Gasteiger partial charge in [-0.1, -0.05) is 54.3 Å². The predicted octanol–water partition coefficient (Wildman–Crippen LogP) is 4.24. The van der Waals surface area contributed by atoms with Crippen LogP contribution in [0.15, 0.2) is 72.3 Å². The molecule has 2 aromatic rings. The van der Waals surface area contributed by atoms with Crippen LogP contribution in [0.1, 0.15) is 35.3 Å². The maximum Gasteiger partial charge on any atom is 0.408 e. The number of ether oxygens (including phenoxy) is 3. The van der Waals surface area contributed by atoms with Crippen LogP contribution in [-0.4, -0.2) is 26.3 Å². The summed E-state index contributed by atoms with van der Waals surface area (Å²) in [7, 11) is 2.97. The highest BCUT2D eigenvalue weighted by Gasteiger charge is 2.36. The van der Waals surface area contributed by atoms with Crippen molar-refractivity contribution < 1.29 is 23.8 Å². The first kappa shape index (κ1) is 21.3. The lowest BCUT2D eigenvalue weighted by Gasteiger charge is -2.18. The predicted molar refractivity (Wildman–Crippen MR) is 119 cm³/mol. The zero-order chi connectivity index (χ0) is 22.5. The summed E-state index contributed by atoms with van der Waals surface area (Å²) in [5, 5.41) is 2.90. The van der Waals surface area contributed by atoms with Crippen LogP contribution in [0.3, 0.4) is 0 Å². The fourth-order valence-corrected chi connectivity index (χ4v) is 3.74. The van der Waals surface area contributed by atoms with E-state index in [0.29, 0.717) is 17.7 Å². The molecule has 0 spiro atoms. The van der Waals surface area contributed by atoms with Crippen molar-refractivity contribution in [3.05, 3.63) is 89.0 Å². The molecule has 1 unspecified atom stereocenters. The van der Waals surface area contributed by atoms with Gasteiger partial charge in [0.1, 0.15) is 5.75 Å². The molecule has 2 aliphatic rings. The zero-order valence-corrected chi connectivity index (χ0v) is 17.8. The van der Waals surface area contributed by atoms with Crippen LogP contribution in [0.2, 0.25) is 0 Å². The van der Waals surface area contributed by atoms with Gasteiger partial charge in [-0.25, -0.2) is 9.59 Å². The zero-order valence-electron chi connectivity index (χ0n) is 17.8. The van der Waals surface area contributed by atoms with Gasteiger partial charge in [-0.3, -0.25) is 0 Å². The number of carbonyl (C=O) groups is 2. The number of esters is 1. The number of alkyl carbamates (subject to hydrolysis) is 1. The van der Waals surface area contributed by atoms with Gasteiger partial charge in [0.25, 0.3) is 0 Å². The molecule has 1 heterocycles. The SMILES string of the molecule is COC(=O)C1=CCC(C#Cc2cccc([C@H]3NC(=O)O[C@@H]3c3cccc(OC)c3)c2)C=C1. The van der Waals surface area contributed by atoms with E-state index in [1.807, 2.05) is 60.7 Å². The first-order valence-electron chi connectivity index (χ1n) is 10.3. The average molecular weight is 429 g/mol. The number of allylic oxidation sites excluding steroid dienone is 2. The van der Waals surface area contributed by atoms with Crippen molar-refractivity contribution in [1.29, 1.82) is 0 Å². The summed E-state index contributed by atoms with van der Waals surface area (Å²) in [5.74, 6) is 6.81. The molecule has 1 aliphatic heterocycles. The minimum Gasteiger partial charge on any atom is -0.497 e. The Labute approximate surface area is 186 Å². The van der Waals surface area contributed by atoms with E-state index >= 15 is 0 Å². The molecule has 0 bridgehead atoms. The van der Waals surface area contributed by atoms with Gasteiger partial charge in [0.05, 0.1) is 25.8 Å². The first-order chi connectivity index (χ1) is 15.6. The van der Waals surface area contributed by atoms with Crippen LogP contribution in [0, 0.1) is 17.8 Å². The Morgan fingerprint density at radius 3 is 2.69 bits per heavy atom. The molecule has 0 saturated carbocycles. The van der Waals surface area contributed by atoms with E-state index in [9.17, 15) is 9.59 Å². The molecular formula is C26H23NO5. The molecule has 2 aromatic carbocycles. The Morgan fingerprint density at radius 1 is 1.12 bits per heavy atom. The van der Waals surface area contributed by atoms with E-state index in [-0.39, 0.29) is 17.9 Å². The summed E-state index contributed by atoms with van der Waals surface area (Å²) < 4.78 is 15.6. The van der Waals surface area contributed by atoms with Crippen molar-refractivity contribution in [3.63, 3.8) is 0 Å². The summed E-state index contributed by atoms with van der Waals surface area (Å²) >= 11 is 0. The smallest absolute Gasteiger partial charge is 0.408 e. The molecule has 32 heavy (non-hydrogen) atoms. The third-order valence-corrected chi connectivity index (χ3v) is 5.40. The summed E-state index contributed by atoms with van der Waals surface area (Å²) in [6, 6.07) is 14.9. The van der Waals surface area contributed by atoms with Gasteiger partial charge in [0, 0.05) is 11.5 Å². The number of amides is 1. The topological polar surface area (TPSA) is 73.9 Å². The first-order valence-corrected chi connectivity index (χ1v) is 10.3. The summed E-state index contributed by atoms with van der Waals surface area (Å²) in [6.45, 7) is 0. The molecular weight excluding hydrogens is 406 g/mol. The molecule has 6 nitrogen and oxygen atoms in total. The number of hydrogen-bond donors (Lipinski definition) is 1. The third kappa shape index (κ3) is 4.68. The van der Waals surface area contributed by atoms with Crippen LogP contribution >= 0.6 is 0 Å². The molecule has 0 aromatic heterocycles. The Bertz CT molecular complexity index is 1150. The van der Waals surface area contributed by atoms with Crippen molar-refractivity contribution in [3.8, 4) is 17.6 Å². The molecule has 1 fully saturated rings.